The van der Waals surface area contributed by atoms with Crippen LogP contribution in [0.4, 0.5) is 0 Å². The van der Waals surface area contributed by atoms with Crippen LogP contribution in [0.25, 0.3) is 0 Å². The molecule has 0 bridgehead atoms. The molecule has 0 atom stereocenters. The molecule has 0 rings (SSSR count). The molecule has 0 aliphatic rings. The molecule has 0 heterocycles. The van der Waals surface area contributed by atoms with Gasteiger partial charge in [-0.3, -0.25) is 0 Å². The lowest BCUT2D eigenvalue weighted by Crippen LogP contribution is -1.97. The highest BCUT2D eigenvalue weighted by Crippen LogP contribution is 2.04. The average molecular weight is 204 g/mol. The quantitative estimate of drug-likeness (QED) is 0.422. The predicted octanol–water partition coefficient (Wildman–Crippen LogP) is 3.68. The zero-order valence-electron chi connectivity index (χ0n) is 8.93. The summed E-state index contributed by atoms with van der Waals surface area (Å²) in [5, 5.41) is 0. The Morgan fingerprint density at radius 1 is 0.846 bits per heavy atom. The third kappa shape index (κ3) is 12.3. The van der Waals surface area contributed by atoms with Crippen LogP contribution in [0.1, 0.15) is 51.9 Å². The Hall–Kier alpha value is 0.310. The molecule has 0 aliphatic heterocycles. The number of thiol groups is 1. The van der Waals surface area contributed by atoms with Gasteiger partial charge in [-0.2, -0.15) is 12.6 Å². The van der Waals surface area contributed by atoms with Gasteiger partial charge in [-0.1, -0.05) is 39.0 Å². The molecule has 2 heteroatoms. The van der Waals surface area contributed by atoms with Crippen molar-refractivity contribution in [1.82, 2.24) is 0 Å². The van der Waals surface area contributed by atoms with E-state index in [0.717, 1.165) is 25.4 Å². The highest BCUT2D eigenvalue weighted by atomic mass is 32.1. The molecule has 0 spiro atoms. The van der Waals surface area contributed by atoms with Crippen molar-refractivity contribution in [2.75, 3.05) is 19.0 Å². The smallest absolute Gasteiger partial charge is 0.0473 e. The monoisotopic (exact) mass is 204 g/mol. The molecule has 0 aromatic heterocycles. The minimum atomic E-state index is 0.887. The van der Waals surface area contributed by atoms with E-state index >= 15 is 0 Å². The Bertz CT molecular complexity index is 76.2. The summed E-state index contributed by atoms with van der Waals surface area (Å²) in [4.78, 5) is 0. The first-order chi connectivity index (χ1) is 6.41. The van der Waals surface area contributed by atoms with E-state index < -0.39 is 0 Å². The maximum Gasteiger partial charge on any atom is 0.0473 e. The zero-order chi connectivity index (χ0) is 9.78. The summed E-state index contributed by atoms with van der Waals surface area (Å²) in [5.41, 5.74) is 0. The molecule has 0 aromatic carbocycles. The summed E-state index contributed by atoms with van der Waals surface area (Å²) in [6.07, 6.45) is 9.14. The highest BCUT2D eigenvalue weighted by Gasteiger charge is 1.90. The second kappa shape index (κ2) is 12.3. The minimum absolute atomic E-state index is 0.887. The van der Waals surface area contributed by atoms with Crippen molar-refractivity contribution in [3.8, 4) is 0 Å². The molecular weight excluding hydrogens is 180 g/mol. The summed E-state index contributed by atoms with van der Waals surface area (Å²) in [6.45, 7) is 4.08. The molecule has 1 nitrogen and oxygen atoms in total. The van der Waals surface area contributed by atoms with Crippen molar-refractivity contribution in [2.24, 2.45) is 0 Å². The topological polar surface area (TPSA) is 9.23 Å². The first kappa shape index (κ1) is 13.3. The zero-order valence-corrected chi connectivity index (χ0v) is 9.82. The van der Waals surface area contributed by atoms with Crippen LogP contribution in [0.5, 0.6) is 0 Å². The molecular formula is C11H24OS. The SMILES string of the molecule is CCCCCCCCOCCCS. The largest absolute Gasteiger partial charge is 0.381 e. The summed E-state index contributed by atoms with van der Waals surface area (Å²) in [7, 11) is 0. The van der Waals surface area contributed by atoms with Gasteiger partial charge in [-0.25, -0.2) is 0 Å². The molecule has 0 amide bonds. The Morgan fingerprint density at radius 3 is 2.15 bits per heavy atom. The van der Waals surface area contributed by atoms with Crippen molar-refractivity contribution in [3.63, 3.8) is 0 Å². The van der Waals surface area contributed by atoms with E-state index in [1.165, 1.54) is 38.5 Å². The van der Waals surface area contributed by atoms with Crippen molar-refractivity contribution >= 4 is 12.6 Å². The van der Waals surface area contributed by atoms with Gasteiger partial charge in [0, 0.05) is 13.2 Å². The fourth-order valence-corrected chi connectivity index (χ4v) is 1.38. The van der Waals surface area contributed by atoms with E-state index in [1.54, 1.807) is 0 Å². The van der Waals surface area contributed by atoms with Crippen LogP contribution >= 0.6 is 12.6 Å². The van der Waals surface area contributed by atoms with E-state index in [2.05, 4.69) is 19.6 Å². The van der Waals surface area contributed by atoms with Crippen molar-refractivity contribution in [1.29, 1.82) is 0 Å². The van der Waals surface area contributed by atoms with Crippen LogP contribution in [0.2, 0.25) is 0 Å². The van der Waals surface area contributed by atoms with Gasteiger partial charge in [0.05, 0.1) is 0 Å². The standard InChI is InChI=1S/C11H24OS/c1-2-3-4-5-6-7-9-12-10-8-11-13/h13H,2-11H2,1H3. The first-order valence-corrected chi connectivity index (χ1v) is 6.23. The molecule has 0 radical (unpaired) electrons. The fraction of sp³-hybridized carbons (Fsp3) is 1.00. The Labute approximate surface area is 88.7 Å². The molecule has 0 saturated heterocycles. The number of unbranched alkanes of at least 4 members (excludes halogenated alkanes) is 5. The molecule has 0 fully saturated rings. The predicted molar refractivity (Wildman–Crippen MR) is 62.7 cm³/mol. The van der Waals surface area contributed by atoms with E-state index in [1.807, 2.05) is 0 Å². The normalized spacial score (nSPS) is 10.6. The van der Waals surface area contributed by atoms with Crippen LogP contribution in [0, 0.1) is 0 Å². The third-order valence-electron chi connectivity index (χ3n) is 2.09. The second-order valence-electron chi connectivity index (χ2n) is 3.46. The van der Waals surface area contributed by atoms with Gasteiger partial charge in [0.1, 0.15) is 0 Å². The van der Waals surface area contributed by atoms with Gasteiger partial charge in [-0.15, -0.1) is 0 Å². The fourth-order valence-electron chi connectivity index (χ4n) is 1.25. The maximum absolute atomic E-state index is 5.43. The van der Waals surface area contributed by atoms with E-state index in [0.29, 0.717) is 0 Å². The van der Waals surface area contributed by atoms with Gasteiger partial charge in [0.2, 0.25) is 0 Å². The van der Waals surface area contributed by atoms with Crippen molar-refractivity contribution < 1.29 is 4.74 Å². The van der Waals surface area contributed by atoms with Crippen LogP contribution < -0.4 is 0 Å². The lowest BCUT2D eigenvalue weighted by Gasteiger charge is -2.02. The van der Waals surface area contributed by atoms with Crippen molar-refractivity contribution in [2.45, 2.75) is 51.9 Å². The Morgan fingerprint density at radius 2 is 1.46 bits per heavy atom. The molecule has 13 heavy (non-hydrogen) atoms. The van der Waals surface area contributed by atoms with Crippen LogP contribution in [-0.4, -0.2) is 19.0 Å². The molecule has 80 valence electrons. The van der Waals surface area contributed by atoms with E-state index in [9.17, 15) is 0 Å². The van der Waals surface area contributed by atoms with Gasteiger partial charge >= 0.3 is 0 Å². The summed E-state index contributed by atoms with van der Waals surface area (Å²) >= 11 is 4.12. The van der Waals surface area contributed by atoms with Crippen molar-refractivity contribution in [3.05, 3.63) is 0 Å². The molecule has 0 unspecified atom stereocenters. The number of hydrogen-bond acceptors (Lipinski definition) is 2. The summed E-state index contributed by atoms with van der Waals surface area (Å²) in [6, 6.07) is 0. The third-order valence-corrected chi connectivity index (χ3v) is 2.41. The molecule has 0 aromatic rings. The second-order valence-corrected chi connectivity index (χ2v) is 3.90. The average Bonchev–Trinajstić information content (AvgIpc) is 2.16. The number of rotatable bonds is 10. The van der Waals surface area contributed by atoms with Gasteiger partial charge < -0.3 is 4.74 Å². The molecule has 0 N–H and O–H groups in total. The van der Waals surface area contributed by atoms with Gasteiger partial charge in [0.25, 0.3) is 0 Å². The summed E-state index contributed by atoms with van der Waals surface area (Å²) < 4.78 is 5.43. The van der Waals surface area contributed by atoms with E-state index in [4.69, 9.17) is 4.74 Å². The Kier molecular flexibility index (Phi) is 12.6. The first-order valence-electron chi connectivity index (χ1n) is 5.60. The Balaban J connectivity index is 2.76. The lowest BCUT2D eigenvalue weighted by molar-refractivity contribution is 0.131. The molecule has 0 saturated carbocycles. The highest BCUT2D eigenvalue weighted by molar-refractivity contribution is 7.80. The minimum Gasteiger partial charge on any atom is -0.381 e. The van der Waals surface area contributed by atoms with Crippen LogP contribution in [-0.2, 0) is 4.74 Å². The number of ether oxygens (including phenoxy) is 1. The summed E-state index contributed by atoms with van der Waals surface area (Å²) in [5.74, 6) is 0.941. The van der Waals surface area contributed by atoms with Crippen LogP contribution in [0.15, 0.2) is 0 Å². The number of hydrogen-bond donors (Lipinski definition) is 1. The van der Waals surface area contributed by atoms with Gasteiger partial charge in [0.15, 0.2) is 0 Å². The molecule has 0 aliphatic carbocycles. The van der Waals surface area contributed by atoms with Gasteiger partial charge in [-0.05, 0) is 18.6 Å². The lowest BCUT2D eigenvalue weighted by atomic mass is 10.1. The maximum atomic E-state index is 5.43. The van der Waals surface area contributed by atoms with Crippen LogP contribution in [0.3, 0.4) is 0 Å². The van der Waals surface area contributed by atoms with E-state index in [-0.39, 0.29) is 0 Å².